The third-order valence-corrected chi connectivity index (χ3v) is 5.75. The van der Waals surface area contributed by atoms with Crippen LogP contribution >= 0.6 is 34.5 Å². The van der Waals surface area contributed by atoms with Crippen molar-refractivity contribution in [3.63, 3.8) is 0 Å². The summed E-state index contributed by atoms with van der Waals surface area (Å²) in [6.45, 7) is 2.89. The van der Waals surface area contributed by atoms with Crippen molar-refractivity contribution >= 4 is 46.1 Å². The molecule has 2 heterocycles. The van der Waals surface area contributed by atoms with Crippen LogP contribution in [0.2, 0.25) is 10.0 Å². The molecule has 1 amide bonds. The molecule has 1 fully saturated rings. The number of hydrogen-bond acceptors (Lipinski definition) is 3. The number of rotatable bonds is 4. The average molecular weight is 369 g/mol. The van der Waals surface area contributed by atoms with Crippen LogP contribution < -0.4 is 5.32 Å². The highest BCUT2D eigenvalue weighted by molar-refractivity contribution is 7.10. The van der Waals surface area contributed by atoms with E-state index >= 15 is 0 Å². The lowest BCUT2D eigenvalue weighted by Gasteiger charge is -2.29. The molecule has 6 heteroatoms. The first-order chi connectivity index (χ1) is 11.1. The highest BCUT2D eigenvalue weighted by Crippen LogP contribution is 2.36. The number of halogens is 2. The van der Waals surface area contributed by atoms with E-state index in [0.29, 0.717) is 21.8 Å². The van der Waals surface area contributed by atoms with Crippen molar-refractivity contribution in [2.75, 3.05) is 11.9 Å². The van der Waals surface area contributed by atoms with Gasteiger partial charge >= 0.3 is 0 Å². The second-order valence-electron chi connectivity index (χ2n) is 5.70. The monoisotopic (exact) mass is 368 g/mol. The maximum Gasteiger partial charge on any atom is 0.241 e. The van der Waals surface area contributed by atoms with E-state index in [-0.39, 0.29) is 11.9 Å². The zero-order valence-electron chi connectivity index (χ0n) is 12.8. The quantitative estimate of drug-likeness (QED) is 0.802. The zero-order chi connectivity index (χ0) is 16.4. The van der Waals surface area contributed by atoms with Gasteiger partial charge in [0.2, 0.25) is 5.91 Å². The second kappa shape index (κ2) is 7.22. The van der Waals surface area contributed by atoms with E-state index in [1.54, 1.807) is 29.5 Å². The van der Waals surface area contributed by atoms with E-state index in [2.05, 4.69) is 27.7 Å². The van der Waals surface area contributed by atoms with Crippen molar-refractivity contribution in [3.8, 4) is 0 Å². The lowest BCUT2D eigenvalue weighted by molar-refractivity contribution is -0.121. The first kappa shape index (κ1) is 16.8. The molecule has 1 N–H and O–H groups in total. The van der Waals surface area contributed by atoms with Crippen molar-refractivity contribution in [1.82, 2.24) is 4.90 Å². The number of thiophene rings is 1. The Labute approximate surface area is 150 Å². The van der Waals surface area contributed by atoms with E-state index in [0.717, 1.165) is 19.4 Å². The Bertz CT molecular complexity index is 690. The Morgan fingerprint density at radius 3 is 2.91 bits per heavy atom. The summed E-state index contributed by atoms with van der Waals surface area (Å²) >= 11 is 13.8. The molecule has 1 aromatic heterocycles. The van der Waals surface area contributed by atoms with Crippen molar-refractivity contribution in [2.24, 2.45) is 0 Å². The summed E-state index contributed by atoms with van der Waals surface area (Å²) in [5, 5.41) is 6.01. The summed E-state index contributed by atoms with van der Waals surface area (Å²) < 4.78 is 0. The predicted octanol–water partition coefficient (Wildman–Crippen LogP) is 5.22. The maximum absolute atomic E-state index is 12.6. The van der Waals surface area contributed by atoms with Crippen molar-refractivity contribution in [2.45, 2.75) is 31.8 Å². The highest BCUT2D eigenvalue weighted by Gasteiger charge is 2.33. The van der Waals surface area contributed by atoms with Gasteiger partial charge in [-0.15, -0.1) is 11.3 Å². The van der Waals surface area contributed by atoms with Gasteiger partial charge in [-0.2, -0.15) is 0 Å². The predicted molar refractivity (Wildman–Crippen MR) is 97.6 cm³/mol. The molecule has 0 radical (unpaired) electrons. The fourth-order valence-electron chi connectivity index (χ4n) is 3.02. The van der Waals surface area contributed by atoms with Crippen molar-refractivity contribution in [1.29, 1.82) is 0 Å². The summed E-state index contributed by atoms with van der Waals surface area (Å²) in [6.07, 6.45) is 2.21. The molecule has 2 aromatic rings. The van der Waals surface area contributed by atoms with Crippen LogP contribution in [-0.2, 0) is 4.79 Å². The van der Waals surface area contributed by atoms with Gasteiger partial charge in [0.15, 0.2) is 0 Å². The molecular weight excluding hydrogens is 351 g/mol. The Kier molecular flexibility index (Phi) is 5.27. The summed E-state index contributed by atoms with van der Waals surface area (Å²) in [7, 11) is 0. The smallest absolute Gasteiger partial charge is 0.241 e. The van der Waals surface area contributed by atoms with E-state index in [9.17, 15) is 4.79 Å². The molecular formula is C17H18Cl2N2OS. The molecule has 0 aliphatic carbocycles. The fraction of sp³-hybridized carbons (Fsp3) is 0.353. The van der Waals surface area contributed by atoms with Gasteiger partial charge in [0.1, 0.15) is 0 Å². The molecule has 23 heavy (non-hydrogen) atoms. The molecule has 0 bridgehead atoms. The first-order valence-corrected chi connectivity index (χ1v) is 9.25. The Morgan fingerprint density at radius 2 is 2.22 bits per heavy atom. The fourth-order valence-corrected chi connectivity index (χ4v) is 4.36. The van der Waals surface area contributed by atoms with Gasteiger partial charge < -0.3 is 5.32 Å². The number of nitrogens with one attached hydrogen (secondary N) is 1. The zero-order valence-corrected chi connectivity index (χ0v) is 15.1. The highest BCUT2D eigenvalue weighted by atomic mass is 35.5. The average Bonchev–Trinajstić information content (AvgIpc) is 3.19. The minimum atomic E-state index is -0.212. The van der Waals surface area contributed by atoms with Crippen LogP contribution in [0, 0.1) is 0 Å². The maximum atomic E-state index is 12.6. The molecule has 2 atom stereocenters. The Hall–Kier alpha value is -1.07. The SMILES string of the molecule is CC(C(=O)Nc1ccc(Cl)cc1Cl)N1CCCC1c1cccs1. The number of carbonyl (C=O) groups excluding carboxylic acids is 1. The lowest BCUT2D eigenvalue weighted by atomic mass is 10.1. The first-order valence-electron chi connectivity index (χ1n) is 7.61. The summed E-state index contributed by atoms with van der Waals surface area (Å²) in [5.74, 6) is -0.0438. The van der Waals surface area contributed by atoms with E-state index in [1.165, 1.54) is 4.88 Å². The molecule has 0 saturated carbocycles. The molecule has 1 aliphatic heterocycles. The van der Waals surface area contributed by atoms with Gasteiger partial charge in [-0.05, 0) is 56.0 Å². The minimum absolute atomic E-state index is 0.0438. The topological polar surface area (TPSA) is 32.3 Å². The van der Waals surface area contributed by atoms with Crippen LogP contribution in [0.5, 0.6) is 0 Å². The number of amides is 1. The number of benzene rings is 1. The van der Waals surface area contributed by atoms with Crippen LogP contribution in [0.15, 0.2) is 35.7 Å². The van der Waals surface area contributed by atoms with Crippen LogP contribution in [0.3, 0.4) is 0 Å². The molecule has 1 saturated heterocycles. The lowest BCUT2D eigenvalue weighted by Crippen LogP contribution is -2.41. The van der Waals surface area contributed by atoms with Crippen LogP contribution in [0.1, 0.15) is 30.7 Å². The minimum Gasteiger partial charge on any atom is -0.323 e. The van der Waals surface area contributed by atoms with Gasteiger partial charge in [-0.1, -0.05) is 29.3 Å². The molecule has 1 aromatic carbocycles. The van der Waals surface area contributed by atoms with Gasteiger partial charge in [0.25, 0.3) is 0 Å². The Balaban J connectivity index is 1.71. The van der Waals surface area contributed by atoms with E-state index in [4.69, 9.17) is 23.2 Å². The van der Waals surface area contributed by atoms with Crippen molar-refractivity contribution in [3.05, 3.63) is 50.6 Å². The molecule has 0 spiro atoms. The van der Waals surface area contributed by atoms with E-state index < -0.39 is 0 Å². The standard InChI is InChI=1S/C17H18Cl2N2OS/c1-11(17(22)20-14-7-6-12(18)10-13(14)19)21-8-2-4-15(21)16-5-3-9-23-16/h3,5-7,9-11,15H,2,4,8H2,1H3,(H,20,22). The molecule has 3 nitrogen and oxygen atoms in total. The number of carbonyl (C=O) groups is 1. The molecule has 2 unspecified atom stereocenters. The van der Waals surface area contributed by atoms with Crippen LogP contribution in [0.25, 0.3) is 0 Å². The number of nitrogens with zero attached hydrogens (tertiary/aromatic N) is 1. The Morgan fingerprint density at radius 1 is 1.39 bits per heavy atom. The third-order valence-electron chi connectivity index (χ3n) is 4.23. The summed E-state index contributed by atoms with van der Waals surface area (Å²) in [4.78, 5) is 16.2. The summed E-state index contributed by atoms with van der Waals surface area (Å²) in [6, 6.07) is 9.41. The number of anilines is 1. The third kappa shape index (κ3) is 3.72. The number of hydrogen-bond donors (Lipinski definition) is 1. The normalized spacial score (nSPS) is 19.7. The van der Waals surface area contributed by atoms with Gasteiger partial charge in [0, 0.05) is 15.9 Å². The van der Waals surface area contributed by atoms with Gasteiger partial charge in [-0.25, -0.2) is 0 Å². The van der Waals surface area contributed by atoms with Gasteiger partial charge in [0.05, 0.1) is 16.8 Å². The van der Waals surface area contributed by atoms with Gasteiger partial charge in [-0.3, -0.25) is 9.69 Å². The molecule has 122 valence electrons. The molecule has 1 aliphatic rings. The second-order valence-corrected chi connectivity index (χ2v) is 7.52. The largest absolute Gasteiger partial charge is 0.323 e. The number of likely N-dealkylation sites (tertiary alicyclic amines) is 1. The van der Waals surface area contributed by atoms with Crippen LogP contribution in [0.4, 0.5) is 5.69 Å². The van der Waals surface area contributed by atoms with Crippen molar-refractivity contribution < 1.29 is 4.79 Å². The van der Waals surface area contributed by atoms with Crippen LogP contribution in [-0.4, -0.2) is 23.4 Å². The summed E-state index contributed by atoms with van der Waals surface area (Å²) in [5.41, 5.74) is 0.597. The molecule has 3 rings (SSSR count). The van der Waals surface area contributed by atoms with E-state index in [1.807, 2.05) is 6.92 Å².